The molecule has 176 valence electrons. The van der Waals surface area contributed by atoms with Gasteiger partial charge in [-0.2, -0.15) is 0 Å². The summed E-state index contributed by atoms with van der Waals surface area (Å²) in [4.78, 5) is 36.0. The van der Waals surface area contributed by atoms with Crippen molar-refractivity contribution < 1.29 is 9.63 Å². The number of benzene rings is 3. The molecular weight excluding hydrogens is 508 g/mol. The molecule has 2 aromatic heterocycles. The van der Waals surface area contributed by atoms with Crippen molar-refractivity contribution in [2.45, 2.75) is 19.9 Å². The Morgan fingerprint density at radius 3 is 2.57 bits per heavy atom. The Morgan fingerprint density at radius 1 is 1.03 bits per heavy atom. The van der Waals surface area contributed by atoms with Gasteiger partial charge in [0.05, 0.1) is 5.52 Å². The molecule has 0 atom stereocenters. The quantitative estimate of drug-likeness (QED) is 0.341. The van der Waals surface area contributed by atoms with E-state index in [0.717, 1.165) is 37.7 Å². The first-order valence-electron chi connectivity index (χ1n) is 11.3. The van der Waals surface area contributed by atoms with E-state index in [9.17, 15) is 9.59 Å². The fraction of sp³-hybridized carbons (Fsp3) is 0.148. The molecule has 3 aromatic carbocycles. The summed E-state index contributed by atoms with van der Waals surface area (Å²) in [6.07, 6.45) is 2.71. The van der Waals surface area contributed by atoms with Crippen molar-refractivity contribution in [3.63, 3.8) is 0 Å². The molecule has 2 heterocycles. The molecule has 35 heavy (non-hydrogen) atoms. The number of hydrogen-bond donors (Lipinski definition) is 1. The third-order valence-electron chi connectivity index (χ3n) is 5.85. The number of para-hydroxylation sites is 1. The molecule has 0 amide bonds. The smallest absolute Gasteiger partial charge is 0.330 e. The van der Waals surface area contributed by atoms with Gasteiger partial charge in [-0.05, 0) is 42.8 Å². The molecule has 0 unspecified atom stereocenters. The number of fused-ring (bicyclic) bond motifs is 2. The summed E-state index contributed by atoms with van der Waals surface area (Å²) in [5.74, 6) is -0.594. The number of nitrogens with two attached hydrogens (primary N) is 1. The second-order valence-corrected chi connectivity index (χ2v) is 9.14. The van der Waals surface area contributed by atoms with Crippen LogP contribution in [0.1, 0.15) is 13.3 Å². The van der Waals surface area contributed by atoms with E-state index in [1.807, 2.05) is 66.9 Å². The monoisotopic (exact) mass is 530 g/mol. The molecular formula is C27H23BrN4O3. The lowest BCUT2D eigenvalue weighted by atomic mass is 10.0. The molecule has 0 saturated heterocycles. The highest BCUT2D eigenvalue weighted by Gasteiger charge is 2.21. The Morgan fingerprint density at radius 2 is 1.83 bits per heavy atom. The van der Waals surface area contributed by atoms with E-state index in [4.69, 9.17) is 15.6 Å². The van der Waals surface area contributed by atoms with Crippen LogP contribution in [0.4, 0.5) is 0 Å². The van der Waals surface area contributed by atoms with Crippen LogP contribution in [0.15, 0.2) is 82.2 Å². The van der Waals surface area contributed by atoms with Crippen LogP contribution < -0.4 is 16.1 Å². The standard InChI is InChI=1S/C27H23BrN4O3/c1-17(33)35-32-24-10-5-9-20(18-7-3-2-4-8-18)25(24)30-26(27(32)34)22-16-31(14-6-13-29)23-12-11-19(28)15-21(22)23/h2-5,7-12,15-16H,6,13-14,29H2,1H3. The maximum atomic E-state index is 13.7. The molecule has 0 fully saturated rings. The van der Waals surface area contributed by atoms with Crippen LogP contribution in [0.2, 0.25) is 0 Å². The van der Waals surface area contributed by atoms with Gasteiger partial charge in [0, 0.05) is 46.2 Å². The fourth-order valence-electron chi connectivity index (χ4n) is 4.33. The Bertz CT molecular complexity index is 1620. The second-order valence-electron chi connectivity index (χ2n) is 8.22. The number of carbonyl (C=O) groups excluding carboxylic acids is 1. The van der Waals surface area contributed by atoms with Gasteiger partial charge in [0.2, 0.25) is 0 Å². The maximum absolute atomic E-state index is 13.7. The van der Waals surface area contributed by atoms with Crippen LogP contribution in [-0.2, 0) is 11.3 Å². The van der Waals surface area contributed by atoms with E-state index in [-0.39, 0.29) is 5.69 Å². The summed E-state index contributed by atoms with van der Waals surface area (Å²) in [7, 11) is 0. The number of aryl methyl sites for hydroxylation is 1. The number of aromatic nitrogens is 3. The molecule has 0 bridgehead atoms. The van der Waals surface area contributed by atoms with Crippen molar-refractivity contribution in [3.8, 4) is 22.4 Å². The summed E-state index contributed by atoms with van der Waals surface area (Å²) in [5, 5.41) is 0.868. The first kappa shape index (κ1) is 23.0. The Labute approximate surface area is 209 Å². The van der Waals surface area contributed by atoms with Crippen LogP contribution in [0, 0.1) is 0 Å². The summed E-state index contributed by atoms with van der Waals surface area (Å²) in [6, 6.07) is 21.2. The van der Waals surface area contributed by atoms with Crippen molar-refractivity contribution in [3.05, 3.63) is 87.8 Å². The highest BCUT2D eigenvalue weighted by atomic mass is 79.9. The lowest BCUT2D eigenvalue weighted by Crippen LogP contribution is -2.31. The van der Waals surface area contributed by atoms with E-state index in [0.29, 0.717) is 29.7 Å². The minimum Gasteiger partial charge on any atom is -0.347 e. The molecule has 7 nitrogen and oxygen atoms in total. The van der Waals surface area contributed by atoms with Gasteiger partial charge >= 0.3 is 11.5 Å². The number of rotatable bonds is 6. The third kappa shape index (κ3) is 4.26. The molecule has 5 aromatic rings. The minimum absolute atomic E-state index is 0.205. The van der Waals surface area contributed by atoms with Gasteiger partial charge in [-0.25, -0.2) is 9.78 Å². The number of hydrogen-bond acceptors (Lipinski definition) is 5. The zero-order valence-corrected chi connectivity index (χ0v) is 20.7. The summed E-state index contributed by atoms with van der Waals surface area (Å²) in [6.45, 7) is 2.53. The van der Waals surface area contributed by atoms with Gasteiger partial charge in [0.15, 0.2) is 0 Å². The molecule has 0 aliphatic heterocycles. The van der Waals surface area contributed by atoms with Crippen LogP contribution in [0.25, 0.3) is 44.3 Å². The minimum atomic E-state index is -0.594. The van der Waals surface area contributed by atoms with Gasteiger partial charge in [-0.3, -0.25) is 4.79 Å². The fourth-order valence-corrected chi connectivity index (χ4v) is 4.69. The molecule has 0 spiro atoms. The first-order valence-corrected chi connectivity index (χ1v) is 12.1. The molecule has 0 aliphatic rings. The van der Waals surface area contributed by atoms with Crippen LogP contribution >= 0.6 is 15.9 Å². The first-order chi connectivity index (χ1) is 17.0. The van der Waals surface area contributed by atoms with E-state index < -0.39 is 11.5 Å². The highest BCUT2D eigenvalue weighted by Crippen LogP contribution is 2.33. The SMILES string of the molecule is CC(=O)On1c(=O)c(-c2cn(CCCN)c3ccc(Br)cc23)nc2c(-c3ccccc3)cccc21. The van der Waals surface area contributed by atoms with Crippen molar-refractivity contribution in [2.75, 3.05) is 6.54 Å². The molecule has 0 radical (unpaired) electrons. The molecule has 2 N–H and O–H groups in total. The average Bonchev–Trinajstić information content (AvgIpc) is 3.21. The van der Waals surface area contributed by atoms with Crippen LogP contribution in [-0.4, -0.2) is 26.8 Å². The maximum Gasteiger partial charge on any atom is 0.330 e. The molecule has 0 aliphatic carbocycles. The summed E-state index contributed by atoms with van der Waals surface area (Å²) < 4.78 is 4.01. The summed E-state index contributed by atoms with van der Waals surface area (Å²) in [5.41, 5.74) is 9.84. The van der Waals surface area contributed by atoms with Gasteiger partial charge in [-0.1, -0.05) is 58.4 Å². The van der Waals surface area contributed by atoms with E-state index in [1.165, 1.54) is 6.92 Å². The number of halogens is 1. The van der Waals surface area contributed by atoms with Gasteiger partial charge in [0.25, 0.3) is 0 Å². The molecule has 5 rings (SSSR count). The van der Waals surface area contributed by atoms with Crippen molar-refractivity contribution in [1.82, 2.24) is 14.3 Å². The van der Waals surface area contributed by atoms with E-state index in [1.54, 1.807) is 6.07 Å². The lowest BCUT2D eigenvalue weighted by molar-refractivity contribution is -0.141. The van der Waals surface area contributed by atoms with Crippen molar-refractivity contribution >= 4 is 43.8 Å². The lowest BCUT2D eigenvalue weighted by Gasteiger charge is -2.13. The Kier molecular flexibility index (Phi) is 6.23. The second kappa shape index (κ2) is 9.48. The highest BCUT2D eigenvalue weighted by molar-refractivity contribution is 9.10. The predicted molar refractivity (Wildman–Crippen MR) is 141 cm³/mol. The topological polar surface area (TPSA) is 92.1 Å². The number of nitrogens with zero attached hydrogens (tertiary/aromatic N) is 3. The zero-order valence-electron chi connectivity index (χ0n) is 19.1. The van der Waals surface area contributed by atoms with Crippen molar-refractivity contribution in [2.24, 2.45) is 5.73 Å². The van der Waals surface area contributed by atoms with Crippen molar-refractivity contribution in [1.29, 1.82) is 0 Å². The van der Waals surface area contributed by atoms with E-state index >= 15 is 0 Å². The van der Waals surface area contributed by atoms with Gasteiger partial charge in [-0.15, -0.1) is 4.73 Å². The average molecular weight is 531 g/mol. The Balaban J connectivity index is 1.86. The number of carbonyl (C=O) groups is 1. The largest absolute Gasteiger partial charge is 0.347 e. The van der Waals surface area contributed by atoms with Crippen LogP contribution in [0.5, 0.6) is 0 Å². The Hall–Kier alpha value is -3.75. The van der Waals surface area contributed by atoms with Gasteiger partial charge in [0.1, 0.15) is 11.2 Å². The molecule has 0 saturated carbocycles. The van der Waals surface area contributed by atoms with E-state index in [2.05, 4.69) is 20.5 Å². The third-order valence-corrected chi connectivity index (χ3v) is 6.34. The predicted octanol–water partition coefficient (Wildman–Crippen LogP) is 4.77. The molecule has 8 heteroatoms. The van der Waals surface area contributed by atoms with Crippen LogP contribution in [0.3, 0.4) is 0 Å². The summed E-state index contributed by atoms with van der Waals surface area (Å²) >= 11 is 3.55. The van der Waals surface area contributed by atoms with Gasteiger partial charge < -0.3 is 15.1 Å². The zero-order chi connectivity index (χ0) is 24.5. The normalized spacial score (nSPS) is 11.3.